The van der Waals surface area contributed by atoms with Crippen molar-refractivity contribution in [2.24, 2.45) is 5.41 Å². The molecule has 0 aliphatic carbocycles. The van der Waals surface area contributed by atoms with Crippen LogP contribution in [-0.2, 0) is 27.2 Å². The Labute approximate surface area is 210 Å². The van der Waals surface area contributed by atoms with E-state index in [4.69, 9.17) is 9.47 Å². The Balaban J connectivity index is 2.01. The SMILES string of the molecule is CC(=O)c1cc(C)c(O)c(C[C@@]23Cc4c(O)c(C(C)=O)cc(C)c4O[C@]2(O)[C@H](CC(=O)O)OC3=O)c1O. The molecule has 5 N–H and O–H groups in total. The van der Waals surface area contributed by atoms with E-state index in [1.165, 1.54) is 32.9 Å². The Morgan fingerprint density at radius 2 is 1.54 bits per heavy atom. The van der Waals surface area contributed by atoms with Crippen molar-refractivity contribution in [1.29, 1.82) is 0 Å². The van der Waals surface area contributed by atoms with Gasteiger partial charge in [-0.25, -0.2) is 0 Å². The first kappa shape index (κ1) is 26.0. The highest BCUT2D eigenvalue weighted by Gasteiger charge is 2.72. The monoisotopic (exact) mass is 514 g/mol. The number of phenolic OH excluding ortho intramolecular Hbond substituents is 3. The van der Waals surface area contributed by atoms with E-state index in [1.807, 2.05) is 0 Å². The molecule has 0 aromatic heterocycles. The largest absolute Gasteiger partial charge is 0.507 e. The first-order chi connectivity index (χ1) is 17.1. The van der Waals surface area contributed by atoms with Gasteiger partial charge in [-0.3, -0.25) is 19.2 Å². The summed E-state index contributed by atoms with van der Waals surface area (Å²) < 4.78 is 11.2. The normalized spacial score (nSPS) is 24.0. The minimum atomic E-state index is -2.62. The van der Waals surface area contributed by atoms with Gasteiger partial charge < -0.3 is 35.0 Å². The number of hydrogen-bond acceptors (Lipinski definition) is 10. The van der Waals surface area contributed by atoms with E-state index in [1.54, 1.807) is 6.92 Å². The molecular weight excluding hydrogens is 488 g/mol. The maximum Gasteiger partial charge on any atom is 0.320 e. The molecule has 0 bridgehead atoms. The van der Waals surface area contributed by atoms with Crippen LogP contribution in [0, 0.1) is 19.3 Å². The molecule has 2 aliphatic heterocycles. The van der Waals surface area contributed by atoms with Gasteiger partial charge in [-0.15, -0.1) is 0 Å². The van der Waals surface area contributed by atoms with E-state index in [-0.39, 0.29) is 33.6 Å². The average molecular weight is 514 g/mol. The van der Waals surface area contributed by atoms with Gasteiger partial charge in [0.1, 0.15) is 28.4 Å². The van der Waals surface area contributed by atoms with Gasteiger partial charge in [-0.1, -0.05) is 0 Å². The summed E-state index contributed by atoms with van der Waals surface area (Å²) in [6.07, 6.45) is -3.68. The average Bonchev–Trinajstić information content (AvgIpc) is 3.00. The quantitative estimate of drug-likeness (QED) is 0.280. The molecule has 3 atom stereocenters. The molecule has 4 rings (SSSR count). The number of aliphatic hydroxyl groups is 1. The second-order valence-electron chi connectivity index (χ2n) is 9.65. The lowest BCUT2D eigenvalue weighted by Crippen LogP contribution is -2.61. The topological polar surface area (TPSA) is 188 Å². The molecule has 2 aliphatic rings. The van der Waals surface area contributed by atoms with Crippen LogP contribution < -0.4 is 4.74 Å². The number of aliphatic carboxylic acids is 1. The van der Waals surface area contributed by atoms with E-state index in [2.05, 4.69) is 0 Å². The van der Waals surface area contributed by atoms with E-state index in [0.29, 0.717) is 5.56 Å². The number of esters is 1. The van der Waals surface area contributed by atoms with Crippen molar-refractivity contribution in [2.45, 2.75) is 58.8 Å². The third-order valence-electron chi connectivity index (χ3n) is 7.19. The summed E-state index contributed by atoms with van der Waals surface area (Å²) in [6.45, 7) is 5.44. The van der Waals surface area contributed by atoms with Gasteiger partial charge in [0.05, 0.1) is 17.5 Å². The molecule has 11 heteroatoms. The molecule has 0 radical (unpaired) electrons. The van der Waals surface area contributed by atoms with Gasteiger partial charge in [-0.05, 0) is 51.0 Å². The lowest BCUT2D eigenvalue weighted by molar-refractivity contribution is -0.233. The third-order valence-corrected chi connectivity index (χ3v) is 7.19. The summed E-state index contributed by atoms with van der Waals surface area (Å²) >= 11 is 0. The predicted molar refractivity (Wildman–Crippen MR) is 125 cm³/mol. The zero-order chi connectivity index (χ0) is 27.6. The number of aromatic hydroxyl groups is 3. The fourth-order valence-corrected chi connectivity index (χ4v) is 5.23. The first-order valence-electron chi connectivity index (χ1n) is 11.4. The van der Waals surface area contributed by atoms with Gasteiger partial charge in [0.2, 0.25) is 0 Å². The highest BCUT2D eigenvalue weighted by molar-refractivity contribution is 5.99. The summed E-state index contributed by atoms with van der Waals surface area (Å²) in [4.78, 5) is 49.2. The van der Waals surface area contributed by atoms with Crippen LogP contribution in [0.1, 0.15) is 63.2 Å². The Bertz CT molecular complexity index is 1390. The van der Waals surface area contributed by atoms with Crippen LogP contribution in [0.25, 0.3) is 0 Å². The second kappa shape index (κ2) is 8.48. The molecule has 1 fully saturated rings. The minimum Gasteiger partial charge on any atom is -0.507 e. The molecule has 2 aromatic rings. The number of Topliss-reactive ketones (excluding diaryl/α,β-unsaturated/α-hetero) is 2. The van der Waals surface area contributed by atoms with Gasteiger partial charge in [-0.2, -0.15) is 0 Å². The van der Waals surface area contributed by atoms with E-state index < -0.39 is 77.3 Å². The van der Waals surface area contributed by atoms with Crippen LogP contribution in [0.15, 0.2) is 12.1 Å². The summed E-state index contributed by atoms with van der Waals surface area (Å²) in [7, 11) is 0. The lowest BCUT2D eigenvalue weighted by Gasteiger charge is -2.45. The highest BCUT2D eigenvalue weighted by atomic mass is 16.7. The number of benzene rings is 2. The maximum atomic E-state index is 13.4. The number of hydrogen-bond donors (Lipinski definition) is 5. The lowest BCUT2D eigenvalue weighted by atomic mass is 9.67. The van der Waals surface area contributed by atoms with Crippen molar-refractivity contribution in [2.75, 3.05) is 0 Å². The number of cyclic esters (lactones) is 1. The standard InChI is InChI=1S/C26H26O11/c1-10-5-14(12(3)27)21(32)16(20(10)31)8-25-9-17-22(33)15(13(4)28)6-11(2)23(17)37-26(25,35)18(7-19(29)30)36-24(25)34/h5-6,18,31-33,35H,7-9H2,1-4H3,(H,29,30)/t18-,25-,26+/m0/s1. The van der Waals surface area contributed by atoms with Crippen LogP contribution in [0.5, 0.6) is 23.0 Å². The zero-order valence-electron chi connectivity index (χ0n) is 20.5. The summed E-state index contributed by atoms with van der Waals surface area (Å²) in [5.41, 5.74) is -2.16. The number of carbonyl (C=O) groups excluding carboxylic acids is 3. The fourth-order valence-electron chi connectivity index (χ4n) is 5.23. The van der Waals surface area contributed by atoms with Gasteiger partial charge in [0.15, 0.2) is 17.7 Å². The Morgan fingerprint density at radius 3 is 2.11 bits per heavy atom. The van der Waals surface area contributed by atoms with E-state index in [9.17, 15) is 44.7 Å². The molecule has 0 unspecified atom stereocenters. The molecule has 1 saturated heterocycles. The zero-order valence-corrected chi connectivity index (χ0v) is 20.5. The molecule has 0 saturated carbocycles. The number of ketones is 2. The Hall–Kier alpha value is -4.12. The van der Waals surface area contributed by atoms with Crippen LogP contribution in [0.2, 0.25) is 0 Å². The maximum absolute atomic E-state index is 13.4. The Kier molecular flexibility index (Phi) is 5.95. The number of ether oxygens (including phenoxy) is 2. The van der Waals surface area contributed by atoms with Gasteiger partial charge in [0, 0.05) is 24.0 Å². The number of carboxylic acids is 1. The number of carbonyl (C=O) groups is 4. The third kappa shape index (κ3) is 3.69. The summed E-state index contributed by atoms with van der Waals surface area (Å²) in [6, 6.07) is 2.61. The smallest absolute Gasteiger partial charge is 0.320 e. The molecule has 2 aromatic carbocycles. The summed E-state index contributed by atoms with van der Waals surface area (Å²) in [5, 5.41) is 53.8. The van der Waals surface area contributed by atoms with Crippen molar-refractivity contribution in [1.82, 2.24) is 0 Å². The van der Waals surface area contributed by atoms with Crippen molar-refractivity contribution in [3.8, 4) is 23.0 Å². The van der Waals surface area contributed by atoms with Gasteiger partial charge >= 0.3 is 11.9 Å². The minimum absolute atomic E-state index is 0.0128. The number of aryl methyl sites for hydroxylation is 2. The number of fused-ring (bicyclic) bond motifs is 2. The molecular formula is C26H26O11. The highest BCUT2D eigenvalue weighted by Crippen LogP contribution is 2.58. The van der Waals surface area contributed by atoms with Crippen LogP contribution in [-0.4, -0.2) is 60.9 Å². The number of rotatable bonds is 6. The molecule has 0 spiro atoms. The molecule has 0 amide bonds. The fraction of sp³-hybridized carbons (Fsp3) is 0.385. The van der Waals surface area contributed by atoms with Crippen LogP contribution in [0.4, 0.5) is 0 Å². The van der Waals surface area contributed by atoms with Crippen molar-refractivity contribution >= 4 is 23.5 Å². The van der Waals surface area contributed by atoms with Crippen molar-refractivity contribution in [3.63, 3.8) is 0 Å². The molecule has 37 heavy (non-hydrogen) atoms. The predicted octanol–water partition coefficient (Wildman–Crippen LogP) is 2.08. The number of carboxylic acid groups (broad SMARTS) is 1. The van der Waals surface area contributed by atoms with Crippen LogP contribution >= 0.6 is 0 Å². The summed E-state index contributed by atoms with van der Waals surface area (Å²) in [5.74, 6) is -7.79. The van der Waals surface area contributed by atoms with Crippen LogP contribution in [0.3, 0.4) is 0 Å². The number of phenols is 3. The van der Waals surface area contributed by atoms with E-state index >= 15 is 0 Å². The Morgan fingerprint density at radius 1 is 0.973 bits per heavy atom. The molecule has 196 valence electrons. The van der Waals surface area contributed by atoms with Crippen molar-refractivity contribution in [3.05, 3.63) is 45.5 Å². The van der Waals surface area contributed by atoms with E-state index in [0.717, 1.165) is 0 Å². The molecule has 2 heterocycles. The second-order valence-corrected chi connectivity index (χ2v) is 9.65. The van der Waals surface area contributed by atoms with Gasteiger partial charge in [0.25, 0.3) is 5.79 Å². The molecule has 11 nitrogen and oxygen atoms in total. The first-order valence-corrected chi connectivity index (χ1v) is 11.4. The van der Waals surface area contributed by atoms with Crippen molar-refractivity contribution < 1.29 is 54.2 Å².